The summed E-state index contributed by atoms with van der Waals surface area (Å²) in [6.45, 7) is 7.79. The number of thioether (sulfide) groups is 1. The number of methoxy groups -OCH3 is 1. The molecular formula is C13H25NO2S. The van der Waals surface area contributed by atoms with Crippen molar-refractivity contribution in [1.82, 2.24) is 4.90 Å². The molecule has 100 valence electrons. The second-order valence-electron chi connectivity index (χ2n) is 5.59. The van der Waals surface area contributed by atoms with Crippen molar-refractivity contribution >= 4 is 17.7 Å². The number of hydrogen-bond acceptors (Lipinski definition) is 3. The molecule has 1 amide bonds. The van der Waals surface area contributed by atoms with Gasteiger partial charge in [-0.1, -0.05) is 20.8 Å². The summed E-state index contributed by atoms with van der Waals surface area (Å²) in [5.74, 6) is 1.19. The van der Waals surface area contributed by atoms with Gasteiger partial charge < -0.3 is 9.64 Å². The van der Waals surface area contributed by atoms with Gasteiger partial charge in [-0.05, 0) is 19.3 Å². The van der Waals surface area contributed by atoms with Gasteiger partial charge in [0.1, 0.15) is 6.61 Å². The fourth-order valence-electron chi connectivity index (χ4n) is 2.05. The first-order valence-corrected chi connectivity index (χ1v) is 7.35. The van der Waals surface area contributed by atoms with Gasteiger partial charge in [0.25, 0.3) is 0 Å². The number of likely N-dealkylation sites (tertiary alicyclic amines) is 1. The summed E-state index contributed by atoms with van der Waals surface area (Å²) in [7, 11) is 1.58. The molecule has 3 nitrogen and oxygen atoms in total. The Labute approximate surface area is 109 Å². The van der Waals surface area contributed by atoms with E-state index in [2.05, 4.69) is 20.8 Å². The first kappa shape index (κ1) is 14.8. The summed E-state index contributed by atoms with van der Waals surface area (Å²) in [5.41, 5.74) is 0. The quantitative estimate of drug-likeness (QED) is 0.777. The number of ether oxygens (including phenoxy) is 1. The zero-order valence-electron chi connectivity index (χ0n) is 11.5. The fourth-order valence-corrected chi connectivity index (χ4v) is 3.09. The van der Waals surface area contributed by atoms with Crippen LogP contribution in [0.5, 0.6) is 0 Å². The van der Waals surface area contributed by atoms with Gasteiger partial charge in [0.15, 0.2) is 0 Å². The summed E-state index contributed by atoms with van der Waals surface area (Å²) >= 11 is 1.94. The Bertz CT molecular complexity index is 250. The molecule has 0 bridgehead atoms. The molecule has 1 fully saturated rings. The van der Waals surface area contributed by atoms with Crippen molar-refractivity contribution in [1.29, 1.82) is 0 Å². The second kappa shape index (κ2) is 6.64. The van der Waals surface area contributed by atoms with Gasteiger partial charge in [-0.2, -0.15) is 11.8 Å². The van der Waals surface area contributed by atoms with Crippen molar-refractivity contribution in [2.45, 2.75) is 50.8 Å². The number of hydrogen-bond donors (Lipinski definition) is 0. The SMILES string of the molecule is COCC(=O)N1CCCC[C@@H]1CSC(C)(C)C. The maximum atomic E-state index is 11.9. The third-order valence-electron chi connectivity index (χ3n) is 2.92. The van der Waals surface area contributed by atoms with Crippen LogP contribution in [0, 0.1) is 0 Å². The average Bonchev–Trinajstić information content (AvgIpc) is 2.26. The summed E-state index contributed by atoms with van der Waals surface area (Å²) in [6, 6.07) is 0.399. The van der Waals surface area contributed by atoms with E-state index >= 15 is 0 Å². The van der Waals surface area contributed by atoms with Crippen LogP contribution in [0.4, 0.5) is 0 Å². The van der Waals surface area contributed by atoms with Crippen LogP contribution >= 0.6 is 11.8 Å². The van der Waals surface area contributed by atoms with Crippen LogP contribution in [0.2, 0.25) is 0 Å². The van der Waals surface area contributed by atoms with Gasteiger partial charge in [-0.25, -0.2) is 0 Å². The largest absolute Gasteiger partial charge is 0.375 e. The van der Waals surface area contributed by atoms with Crippen LogP contribution in [0.3, 0.4) is 0 Å². The molecule has 0 N–H and O–H groups in total. The molecule has 0 spiro atoms. The molecule has 0 aromatic heterocycles. The van der Waals surface area contributed by atoms with E-state index in [-0.39, 0.29) is 17.3 Å². The van der Waals surface area contributed by atoms with Crippen LogP contribution in [0.15, 0.2) is 0 Å². The van der Waals surface area contributed by atoms with Gasteiger partial charge in [0, 0.05) is 30.2 Å². The predicted octanol–water partition coefficient (Wildman–Crippen LogP) is 2.55. The number of amides is 1. The summed E-state index contributed by atoms with van der Waals surface area (Å²) in [5, 5.41) is 0. The molecule has 0 aromatic carbocycles. The molecule has 0 saturated carbocycles. The standard InChI is InChI=1S/C13H25NO2S/c1-13(2,3)17-10-11-7-5-6-8-14(11)12(15)9-16-4/h11H,5-10H2,1-4H3/t11-/m1/s1. The highest BCUT2D eigenvalue weighted by Crippen LogP contribution is 2.28. The van der Waals surface area contributed by atoms with Gasteiger partial charge in [0.2, 0.25) is 5.91 Å². The average molecular weight is 259 g/mol. The number of rotatable bonds is 4. The first-order valence-electron chi connectivity index (χ1n) is 6.36. The fraction of sp³-hybridized carbons (Fsp3) is 0.923. The van der Waals surface area contributed by atoms with Gasteiger partial charge in [0.05, 0.1) is 0 Å². The highest BCUT2D eigenvalue weighted by molar-refractivity contribution is 8.00. The van der Waals surface area contributed by atoms with Crippen molar-refractivity contribution in [3.8, 4) is 0 Å². The van der Waals surface area contributed by atoms with Gasteiger partial charge >= 0.3 is 0 Å². The third kappa shape index (κ3) is 5.30. The number of carbonyl (C=O) groups is 1. The molecule has 0 unspecified atom stereocenters. The topological polar surface area (TPSA) is 29.5 Å². The Morgan fingerprint density at radius 2 is 2.12 bits per heavy atom. The monoisotopic (exact) mass is 259 g/mol. The Balaban J connectivity index is 2.50. The lowest BCUT2D eigenvalue weighted by Crippen LogP contribution is -2.46. The minimum atomic E-state index is 0.145. The third-order valence-corrected chi connectivity index (χ3v) is 4.34. The summed E-state index contributed by atoms with van der Waals surface area (Å²) in [6.07, 6.45) is 3.51. The molecule has 0 aliphatic carbocycles. The molecule has 4 heteroatoms. The van der Waals surface area contributed by atoms with E-state index in [1.165, 1.54) is 6.42 Å². The molecule has 1 heterocycles. The van der Waals surface area contributed by atoms with Crippen LogP contribution in [0.25, 0.3) is 0 Å². The molecule has 17 heavy (non-hydrogen) atoms. The van der Waals surface area contributed by atoms with Crippen molar-refractivity contribution in [3.63, 3.8) is 0 Å². The maximum absolute atomic E-state index is 11.9. The summed E-state index contributed by atoms with van der Waals surface area (Å²) in [4.78, 5) is 13.9. The van der Waals surface area contributed by atoms with E-state index in [9.17, 15) is 4.79 Å². The van der Waals surface area contributed by atoms with Crippen molar-refractivity contribution < 1.29 is 9.53 Å². The van der Waals surface area contributed by atoms with E-state index in [4.69, 9.17) is 4.74 Å². The Morgan fingerprint density at radius 1 is 1.41 bits per heavy atom. The number of nitrogens with zero attached hydrogens (tertiary/aromatic N) is 1. The number of carbonyl (C=O) groups excluding carboxylic acids is 1. The minimum Gasteiger partial charge on any atom is -0.375 e. The van der Waals surface area contributed by atoms with E-state index in [0.717, 1.165) is 25.1 Å². The predicted molar refractivity (Wildman–Crippen MR) is 73.4 cm³/mol. The molecule has 0 aromatic rings. The minimum absolute atomic E-state index is 0.145. The van der Waals surface area contributed by atoms with E-state index in [1.807, 2.05) is 16.7 Å². The highest BCUT2D eigenvalue weighted by Gasteiger charge is 2.27. The lowest BCUT2D eigenvalue weighted by molar-refractivity contribution is -0.138. The number of piperidine rings is 1. The lowest BCUT2D eigenvalue weighted by atomic mass is 10.0. The Morgan fingerprint density at radius 3 is 2.71 bits per heavy atom. The molecule has 1 rings (SSSR count). The highest BCUT2D eigenvalue weighted by atomic mass is 32.2. The molecule has 1 aliphatic heterocycles. The molecular weight excluding hydrogens is 234 g/mol. The van der Waals surface area contributed by atoms with E-state index in [1.54, 1.807) is 7.11 Å². The van der Waals surface area contributed by atoms with E-state index < -0.39 is 0 Å². The van der Waals surface area contributed by atoms with Crippen molar-refractivity contribution in [3.05, 3.63) is 0 Å². The normalized spacial score (nSPS) is 21.6. The van der Waals surface area contributed by atoms with Gasteiger partial charge in [-0.15, -0.1) is 0 Å². The Hall–Kier alpha value is -0.220. The molecule has 1 aliphatic rings. The lowest BCUT2D eigenvalue weighted by Gasteiger charge is -2.36. The Kier molecular flexibility index (Phi) is 5.80. The van der Waals surface area contributed by atoms with Crippen LogP contribution in [-0.2, 0) is 9.53 Å². The molecule has 1 saturated heterocycles. The zero-order valence-corrected chi connectivity index (χ0v) is 12.3. The maximum Gasteiger partial charge on any atom is 0.248 e. The first-order chi connectivity index (χ1) is 7.94. The van der Waals surface area contributed by atoms with Crippen LogP contribution in [0.1, 0.15) is 40.0 Å². The zero-order chi connectivity index (χ0) is 12.9. The van der Waals surface area contributed by atoms with Crippen molar-refractivity contribution in [2.75, 3.05) is 26.0 Å². The van der Waals surface area contributed by atoms with Crippen LogP contribution in [-0.4, -0.2) is 47.6 Å². The molecule has 1 atom stereocenters. The second-order valence-corrected chi connectivity index (χ2v) is 7.44. The van der Waals surface area contributed by atoms with Gasteiger partial charge in [-0.3, -0.25) is 4.79 Å². The van der Waals surface area contributed by atoms with Crippen LogP contribution < -0.4 is 0 Å². The summed E-state index contributed by atoms with van der Waals surface area (Å²) < 4.78 is 5.22. The molecule has 0 radical (unpaired) electrons. The van der Waals surface area contributed by atoms with Crippen molar-refractivity contribution in [2.24, 2.45) is 0 Å². The van der Waals surface area contributed by atoms with E-state index in [0.29, 0.717) is 6.04 Å². The smallest absolute Gasteiger partial charge is 0.248 e.